The van der Waals surface area contributed by atoms with Crippen molar-refractivity contribution in [2.45, 2.75) is 25.3 Å². The zero-order valence-electron chi connectivity index (χ0n) is 7.70. The van der Waals surface area contributed by atoms with Crippen molar-refractivity contribution in [3.8, 4) is 0 Å². The Kier molecular flexibility index (Phi) is 2.43. The molecule has 0 heterocycles. The molecule has 2 heteroatoms. The van der Waals surface area contributed by atoms with Crippen molar-refractivity contribution in [1.29, 1.82) is 0 Å². The van der Waals surface area contributed by atoms with Crippen LogP contribution in [0.2, 0.25) is 0 Å². The molecule has 2 N–H and O–H groups in total. The fraction of sp³-hybridized carbons (Fsp3) is 0.455. The smallest absolute Gasteiger partial charge is 0.0210 e. The summed E-state index contributed by atoms with van der Waals surface area (Å²) in [6.07, 6.45) is 1.25. The maximum absolute atomic E-state index is 5.86. The molecule has 0 spiro atoms. The highest BCUT2D eigenvalue weighted by Crippen LogP contribution is 2.50. The molecule has 0 saturated heterocycles. The third kappa shape index (κ3) is 1.79. The van der Waals surface area contributed by atoms with Gasteiger partial charge >= 0.3 is 0 Å². The molecule has 0 radical (unpaired) electrons. The van der Waals surface area contributed by atoms with Gasteiger partial charge in [0.2, 0.25) is 0 Å². The lowest BCUT2D eigenvalue weighted by molar-refractivity contribution is 0.631. The third-order valence-corrected chi connectivity index (χ3v) is 3.54. The van der Waals surface area contributed by atoms with E-state index in [1.165, 1.54) is 16.5 Å². The minimum absolute atomic E-state index is 0.331. The lowest BCUT2D eigenvalue weighted by Gasteiger charge is -2.05. The van der Waals surface area contributed by atoms with E-state index >= 15 is 0 Å². The summed E-state index contributed by atoms with van der Waals surface area (Å²) < 4.78 is 1.23. The molecule has 0 bridgehead atoms. The van der Waals surface area contributed by atoms with E-state index < -0.39 is 0 Å². The monoisotopic (exact) mass is 239 g/mol. The Labute approximate surface area is 87.5 Å². The first-order valence-corrected chi connectivity index (χ1v) is 5.49. The number of hydrogen-bond acceptors (Lipinski definition) is 1. The average Bonchev–Trinajstić information content (AvgIpc) is 2.84. The summed E-state index contributed by atoms with van der Waals surface area (Å²) >= 11 is 3.57. The summed E-state index contributed by atoms with van der Waals surface area (Å²) in [5, 5.41) is 0. The van der Waals surface area contributed by atoms with Gasteiger partial charge in [-0.2, -0.15) is 0 Å². The number of benzene rings is 1. The number of rotatable bonds is 2. The highest BCUT2D eigenvalue weighted by molar-refractivity contribution is 9.10. The largest absolute Gasteiger partial charge is 0.328 e. The molecule has 1 nitrogen and oxygen atoms in total. The second-order valence-corrected chi connectivity index (χ2v) is 4.74. The van der Waals surface area contributed by atoms with Crippen LogP contribution < -0.4 is 5.73 Å². The van der Waals surface area contributed by atoms with Crippen LogP contribution in [0.15, 0.2) is 28.7 Å². The molecule has 1 saturated carbocycles. The number of hydrogen-bond donors (Lipinski definition) is 1. The lowest BCUT2D eigenvalue weighted by atomic mass is 10.1. The van der Waals surface area contributed by atoms with Crippen molar-refractivity contribution in [2.24, 2.45) is 11.7 Å². The summed E-state index contributed by atoms with van der Waals surface area (Å²) in [6, 6.07) is 8.77. The molecule has 0 aromatic heterocycles. The van der Waals surface area contributed by atoms with Gasteiger partial charge in [0.1, 0.15) is 0 Å². The van der Waals surface area contributed by atoms with E-state index in [1.807, 2.05) is 0 Å². The normalized spacial score (nSPS) is 28.5. The first-order valence-electron chi connectivity index (χ1n) is 4.70. The summed E-state index contributed by atoms with van der Waals surface area (Å²) in [6.45, 7) is 2.10. The molecule has 0 unspecified atom stereocenters. The van der Waals surface area contributed by atoms with E-state index in [0.717, 1.165) is 0 Å². The van der Waals surface area contributed by atoms with Crippen LogP contribution >= 0.6 is 15.9 Å². The first kappa shape index (κ1) is 9.22. The van der Waals surface area contributed by atoms with Crippen molar-refractivity contribution < 1.29 is 0 Å². The van der Waals surface area contributed by atoms with Gasteiger partial charge in [-0.3, -0.25) is 0 Å². The minimum Gasteiger partial charge on any atom is -0.328 e. The molecule has 3 atom stereocenters. The van der Waals surface area contributed by atoms with Crippen LogP contribution in [0.1, 0.15) is 24.8 Å². The van der Waals surface area contributed by atoms with Gasteiger partial charge in [-0.25, -0.2) is 0 Å². The van der Waals surface area contributed by atoms with Crippen LogP contribution in [0.5, 0.6) is 0 Å². The fourth-order valence-corrected chi connectivity index (χ4v) is 2.51. The van der Waals surface area contributed by atoms with Gasteiger partial charge in [-0.05, 0) is 36.8 Å². The maximum atomic E-state index is 5.86. The van der Waals surface area contributed by atoms with Gasteiger partial charge < -0.3 is 5.73 Å². The summed E-state index contributed by atoms with van der Waals surface area (Å²) in [5.41, 5.74) is 7.28. The van der Waals surface area contributed by atoms with E-state index in [9.17, 15) is 0 Å². The zero-order chi connectivity index (χ0) is 9.42. The molecule has 1 aliphatic carbocycles. The molecule has 2 rings (SSSR count). The third-order valence-electron chi connectivity index (χ3n) is 2.82. The highest BCUT2D eigenvalue weighted by atomic mass is 79.9. The van der Waals surface area contributed by atoms with E-state index in [1.54, 1.807) is 0 Å². The topological polar surface area (TPSA) is 26.0 Å². The lowest BCUT2D eigenvalue weighted by Crippen LogP contribution is -2.17. The van der Waals surface area contributed by atoms with Crippen LogP contribution in [-0.2, 0) is 0 Å². The van der Waals surface area contributed by atoms with Crippen LogP contribution in [0.25, 0.3) is 0 Å². The second kappa shape index (κ2) is 3.43. The molecule has 13 heavy (non-hydrogen) atoms. The first-order chi connectivity index (χ1) is 6.20. The van der Waals surface area contributed by atoms with Crippen LogP contribution in [-0.4, -0.2) is 6.04 Å². The van der Waals surface area contributed by atoms with Crippen molar-refractivity contribution in [2.75, 3.05) is 0 Å². The Morgan fingerprint density at radius 3 is 2.69 bits per heavy atom. The van der Waals surface area contributed by atoms with Crippen molar-refractivity contribution >= 4 is 15.9 Å². The Bertz CT molecular complexity index is 309. The van der Waals surface area contributed by atoms with Crippen LogP contribution in [0.3, 0.4) is 0 Å². The van der Waals surface area contributed by atoms with Crippen LogP contribution in [0, 0.1) is 5.92 Å². The molecule has 1 fully saturated rings. The van der Waals surface area contributed by atoms with Crippen LogP contribution in [0.4, 0.5) is 0 Å². The fourth-order valence-electron chi connectivity index (χ4n) is 1.93. The SMILES string of the molecule is C[C@H](N)[C@H]1C[C@H]1c1ccccc1Br. The molecular weight excluding hydrogens is 226 g/mol. The summed E-state index contributed by atoms with van der Waals surface area (Å²) in [5.74, 6) is 1.38. The van der Waals surface area contributed by atoms with Gasteiger partial charge in [-0.15, -0.1) is 0 Å². The highest BCUT2D eigenvalue weighted by Gasteiger charge is 2.41. The molecule has 0 aliphatic heterocycles. The quantitative estimate of drug-likeness (QED) is 0.845. The Morgan fingerprint density at radius 1 is 1.46 bits per heavy atom. The van der Waals surface area contributed by atoms with Crippen molar-refractivity contribution in [3.05, 3.63) is 34.3 Å². The predicted octanol–water partition coefficient (Wildman–Crippen LogP) is 2.90. The Balaban J connectivity index is 2.16. The van der Waals surface area contributed by atoms with Gasteiger partial charge in [0.15, 0.2) is 0 Å². The van der Waals surface area contributed by atoms with Gasteiger partial charge in [0, 0.05) is 10.5 Å². The zero-order valence-corrected chi connectivity index (χ0v) is 9.29. The predicted molar refractivity (Wildman–Crippen MR) is 58.6 cm³/mol. The molecule has 0 amide bonds. The standard InChI is InChI=1S/C11H14BrN/c1-7(13)9-6-10(9)8-4-2-3-5-11(8)12/h2-5,7,9-10H,6,13H2,1H3/t7-,9+,10-/m0/s1. The Hall–Kier alpha value is -0.340. The molecule has 1 aliphatic rings. The van der Waals surface area contributed by atoms with Crippen molar-refractivity contribution in [3.63, 3.8) is 0 Å². The van der Waals surface area contributed by atoms with Gasteiger partial charge in [0.25, 0.3) is 0 Å². The van der Waals surface area contributed by atoms with Gasteiger partial charge in [0.05, 0.1) is 0 Å². The number of halogens is 1. The summed E-state index contributed by atoms with van der Waals surface area (Å²) in [7, 11) is 0. The average molecular weight is 240 g/mol. The molecular formula is C11H14BrN. The van der Waals surface area contributed by atoms with Gasteiger partial charge in [-0.1, -0.05) is 34.1 Å². The minimum atomic E-state index is 0.331. The molecule has 1 aromatic rings. The van der Waals surface area contributed by atoms with Crippen molar-refractivity contribution in [1.82, 2.24) is 0 Å². The molecule has 1 aromatic carbocycles. The van der Waals surface area contributed by atoms with E-state index in [0.29, 0.717) is 17.9 Å². The van der Waals surface area contributed by atoms with E-state index in [-0.39, 0.29) is 0 Å². The molecule has 70 valence electrons. The second-order valence-electron chi connectivity index (χ2n) is 3.89. The van der Waals surface area contributed by atoms with E-state index in [4.69, 9.17) is 5.73 Å². The van der Waals surface area contributed by atoms with E-state index in [2.05, 4.69) is 47.1 Å². The number of nitrogens with two attached hydrogens (primary N) is 1. The Morgan fingerprint density at radius 2 is 2.15 bits per heavy atom. The maximum Gasteiger partial charge on any atom is 0.0210 e. The summed E-state index contributed by atoms with van der Waals surface area (Å²) in [4.78, 5) is 0.